The van der Waals surface area contributed by atoms with Crippen LogP contribution in [-0.4, -0.2) is 47.4 Å². The van der Waals surface area contributed by atoms with E-state index in [4.69, 9.17) is 9.47 Å². The number of rotatable bonds is 8. The number of benzene rings is 2. The first-order chi connectivity index (χ1) is 13.0. The highest BCUT2D eigenvalue weighted by Crippen LogP contribution is 2.29. The van der Waals surface area contributed by atoms with Crippen molar-refractivity contribution in [2.75, 3.05) is 38.4 Å². The number of hydrogen-bond donors (Lipinski definition) is 2. The van der Waals surface area contributed by atoms with Gasteiger partial charge in [-0.05, 0) is 31.2 Å². The minimum atomic E-state index is -3.36. The smallest absolute Gasteiger partial charge is 0.195 e. The maximum Gasteiger partial charge on any atom is 0.195 e. The SMILES string of the molecule is CCNC(=NCCS(=O)(=O)c1ccccc1)Nc1ccc(OC)c(OC)c1.I. The molecule has 0 radical (unpaired) electrons. The predicted molar refractivity (Wildman–Crippen MR) is 123 cm³/mol. The number of methoxy groups -OCH3 is 2. The van der Waals surface area contributed by atoms with Crippen LogP contribution < -0.4 is 20.1 Å². The number of sulfone groups is 1. The number of aliphatic imine (C=N–C) groups is 1. The fraction of sp³-hybridized carbons (Fsp3) is 0.316. The number of anilines is 1. The molecule has 2 aromatic rings. The molecule has 0 amide bonds. The highest BCUT2D eigenvalue weighted by Gasteiger charge is 2.13. The fourth-order valence-electron chi connectivity index (χ4n) is 2.38. The Bertz CT molecular complexity index is 874. The van der Waals surface area contributed by atoms with Crippen molar-refractivity contribution in [3.63, 3.8) is 0 Å². The molecule has 2 rings (SSSR count). The maximum atomic E-state index is 12.3. The molecule has 0 fully saturated rings. The summed E-state index contributed by atoms with van der Waals surface area (Å²) >= 11 is 0. The Kier molecular flexibility index (Phi) is 10.1. The van der Waals surface area contributed by atoms with E-state index < -0.39 is 9.84 Å². The zero-order valence-corrected chi connectivity index (χ0v) is 19.3. The number of ether oxygens (including phenoxy) is 2. The van der Waals surface area contributed by atoms with Crippen molar-refractivity contribution in [1.82, 2.24) is 5.32 Å². The average Bonchev–Trinajstić information content (AvgIpc) is 2.68. The van der Waals surface area contributed by atoms with Crippen molar-refractivity contribution in [2.45, 2.75) is 11.8 Å². The summed E-state index contributed by atoms with van der Waals surface area (Å²) in [5.41, 5.74) is 0.748. The van der Waals surface area contributed by atoms with Gasteiger partial charge in [0.05, 0.1) is 31.4 Å². The van der Waals surface area contributed by atoms with E-state index in [0.717, 1.165) is 5.69 Å². The standard InChI is InChI=1S/C19H25N3O4S.HI/c1-4-20-19(22-15-10-11-17(25-2)18(14-15)26-3)21-12-13-27(23,24)16-8-6-5-7-9-16;/h5-11,14H,4,12-13H2,1-3H3,(H2,20,21,22);1H. The fourth-order valence-corrected chi connectivity index (χ4v) is 3.52. The molecule has 2 N–H and O–H groups in total. The molecule has 0 aromatic heterocycles. The van der Waals surface area contributed by atoms with Gasteiger partial charge in [0.15, 0.2) is 27.3 Å². The predicted octanol–water partition coefficient (Wildman–Crippen LogP) is 3.17. The summed E-state index contributed by atoms with van der Waals surface area (Å²) in [6, 6.07) is 13.8. The molecule has 0 aliphatic heterocycles. The second kappa shape index (κ2) is 11.7. The molecule has 154 valence electrons. The Morgan fingerprint density at radius 3 is 2.32 bits per heavy atom. The number of guanidine groups is 1. The number of halogens is 1. The van der Waals surface area contributed by atoms with Gasteiger partial charge < -0.3 is 20.1 Å². The zero-order chi connectivity index (χ0) is 19.7. The van der Waals surface area contributed by atoms with Crippen LogP contribution in [-0.2, 0) is 9.84 Å². The third-order valence-electron chi connectivity index (χ3n) is 3.72. The van der Waals surface area contributed by atoms with Gasteiger partial charge in [-0.3, -0.25) is 4.99 Å². The van der Waals surface area contributed by atoms with Crippen LogP contribution in [0.2, 0.25) is 0 Å². The van der Waals surface area contributed by atoms with Gasteiger partial charge in [0.2, 0.25) is 0 Å². The van der Waals surface area contributed by atoms with Gasteiger partial charge in [-0.1, -0.05) is 18.2 Å². The van der Waals surface area contributed by atoms with Crippen LogP contribution in [0, 0.1) is 0 Å². The molecule has 0 unspecified atom stereocenters. The lowest BCUT2D eigenvalue weighted by Crippen LogP contribution is -2.31. The quantitative estimate of drug-likeness (QED) is 0.317. The van der Waals surface area contributed by atoms with Crippen molar-refractivity contribution >= 4 is 45.5 Å². The molecular weight excluding hydrogens is 493 g/mol. The maximum absolute atomic E-state index is 12.3. The highest BCUT2D eigenvalue weighted by atomic mass is 127. The summed E-state index contributed by atoms with van der Waals surface area (Å²) in [5.74, 6) is 1.64. The second-order valence-corrected chi connectivity index (χ2v) is 7.70. The minimum absolute atomic E-state index is 0. The highest BCUT2D eigenvalue weighted by molar-refractivity contribution is 14.0. The van der Waals surface area contributed by atoms with Gasteiger partial charge in [-0.2, -0.15) is 0 Å². The van der Waals surface area contributed by atoms with Crippen molar-refractivity contribution < 1.29 is 17.9 Å². The van der Waals surface area contributed by atoms with Crippen LogP contribution >= 0.6 is 24.0 Å². The van der Waals surface area contributed by atoms with Gasteiger partial charge in [0.1, 0.15) is 0 Å². The van der Waals surface area contributed by atoms with E-state index in [1.165, 1.54) is 0 Å². The molecule has 0 atom stereocenters. The van der Waals surface area contributed by atoms with E-state index in [0.29, 0.717) is 28.9 Å². The van der Waals surface area contributed by atoms with Crippen LogP contribution in [0.4, 0.5) is 5.69 Å². The van der Waals surface area contributed by atoms with Crippen LogP contribution in [0.15, 0.2) is 58.4 Å². The molecule has 0 spiro atoms. The Morgan fingerprint density at radius 1 is 1.04 bits per heavy atom. The molecule has 0 saturated carbocycles. The third kappa shape index (κ3) is 6.86. The second-order valence-electron chi connectivity index (χ2n) is 5.59. The van der Waals surface area contributed by atoms with Gasteiger partial charge in [-0.25, -0.2) is 8.42 Å². The lowest BCUT2D eigenvalue weighted by Gasteiger charge is -2.14. The Hall–Kier alpha value is -2.01. The Labute approximate surface area is 183 Å². The summed E-state index contributed by atoms with van der Waals surface area (Å²) in [7, 11) is -0.225. The van der Waals surface area contributed by atoms with Gasteiger partial charge in [0, 0.05) is 18.3 Å². The topological polar surface area (TPSA) is 89.0 Å². The van der Waals surface area contributed by atoms with Crippen LogP contribution in [0.5, 0.6) is 11.5 Å². The van der Waals surface area contributed by atoms with Crippen molar-refractivity contribution in [3.8, 4) is 11.5 Å². The molecule has 7 nitrogen and oxygen atoms in total. The zero-order valence-electron chi connectivity index (χ0n) is 16.1. The van der Waals surface area contributed by atoms with Crippen LogP contribution in [0.1, 0.15) is 6.92 Å². The van der Waals surface area contributed by atoms with Crippen molar-refractivity contribution in [1.29, 1.82) is 0 Å². The largest absolute Gasteiger partial charge is 0.493 e. The molecular formula is C19H26IN3O4S. The average molecular weight is 519 g/mol. The summed E-state index contributed by atoms with van der Waals surface area (Å²) in [4.78, 5) is 4.66. The Morgan fingerprint density at radius 2 is 1.71 bits per heavy atom. The lowest BCUT2D eigenvalue weighted by molar-refractivity contribution is 0.355. The lowest BCUT2D eigenvalue weighted by atomic mass is 10.3. The van der Waals surface area contributed by atoms with Gasteiger partial charge in [0.25, 0.3) is 0 Å². The molecule has 0 heterocycles. The van der Waals surface area contributed by atoms with E-state index in [1.54, 1.807) is 56.7 Å². The third-order valence-corrected chi connectivity index (χ3v) is 5.43. The van der Waals surface area contributed by atoms with Crippen LogP contribution in [0.3, 0.4) is 0 Å². The van der Waals surface area contributed by atoms with Gasteiger partial charge >= 0.3 is 0 Å². The van der Waals surface area contributed by atoms with E-state index in [2.05, 4.69) is 15.6 Å². The number of nitrogens with zero attached hydrogens (tertiary/aromatic N) is 1. The van der Waals surface area contributed by atoms with Gasteiger partial charge in [-0.15, -0.1) is 24.0 Å². The number of nitrogens with one attached hydrogen (secondary N) is 2. The minimum Gasteiger partial charge on any atom is -0.493 e. The molecule has 0 saturated heterocycles. The molecule has 2 aromatic carbocycles. The first kappa shape index (κ1) is 24.0. The molecule has 9 heteroatoms. The molecule has 28 heavy (non-hydrogen) atoms. The Balaban J connectivity index is 0.00000392. The van der Waals surface area contributed by atoms with Crippen molar-refractivity contribution in [3.05, 3.63) is 48.5 Å². The summed E-state index contributed by atoms with van der Waals surface area (Å²) < 4.78 is 35.2. The first-order valence-corrected chi connectivity index (χ1v) is 10.2. The van der Waals surface area contributed by atoms with E-state index in [-0.39, 0.29) is 36.3 Å². The van der Waals surface area contributed by atoms with Crippen molar-refractivity contribution in [2.24, 2.45) is 4.99 Å². The van der Waals surface area contributed by atoms with E-state index in [1.807, 2.05) is 13.0 Å². The molecule has 0 bridgehead atoms. The summed E-state index contributed by atoms with van der Waals surface area (Å²) in [5, 5.41) is 6.24. The summed E-state index contributed by atoms with van der Waals surface area (Å²) in [6.45, 7) is 2.72. The first-order valence-electron chi connectivity index (χ1n) is 8.55. The normalized spacial score (nSPS) is 11.3. The summed E-state index contributed by atoms with van der Waals surface area (Å²) in [6.07, 6.45) is 0. The van der Waals surface area contributed by atoms with Crippen LogP contribution in [0.25, 0.3) is 0 Å². The van der Waals surface area contributed by atoms with E-state index >= 15 is 0 Å². The van der Waals surface area contributed by atoms with E-state index in [9.17, 15) is 8.42 Å². The molecule has 0 aliphatic carbocycles. The number of hydrogen-bond acceptors (Lipinski definition) is 5. The molecule has 0 aliphatic rings. The monoisotopic (exact) mass is 519 g/mol.